The normalized spacial score (nSPS) is 11.0. The van der Waals surface area contributed by atoms with Crippen molar-refractivity contribution in [3.8, 4) is 5.75 Å². The van der Waals surface area contributed by atoms with Gasteiger partial charge in [0.15, 0.2) is 5.75 Å². The first kappa shape index (κ1) is 20.9. The summed E-state index contributed by atoms with van der Waals surface area (Å²) in [5.74, 6) is -1.74. The maximum atomic E-state index is 12.5. The number of alkyl halides is 3. The van der Waals surface area contributed by atoms with E-state index < -0.39 is 23.6 Å². The molecule has 2 amide bonds. The quantitative estimate of drug-likeness (QED) is 0.725. The minimum absolute atomic E-state index is 0.117. The first-order valence-electron chi connectivity index (χ1n) is 7.40. The highest BCUT2D eigenvalue weighted by molar-refractivity contribution is 6.41. The molecule has 0 radical (unpaired) electrons. The second-order valence-corrected chi connectivity index (χ2v) is 6.12. The van der Waals surface area contributed by atoms with Gasteiger partial charge in [0, 0.05) is 12.2 Å². The van der Waals surface area contributed by atoms with Crippen LogP contribution in [0.3, 0.4) is 0 Å². The maximum absolute atomic E-state index is 12.5. The average Bonchev–Trinajstić information content (AvgIpc) is 2.59. The van der Waals surface area contributed by atoms with Gasteiger partial charge in [-0.15, -0.1) is 0 Å². The molecule has 0 heterocycles. The molecule has 0 unspecified atom stereocenters. The molecular formula is C17H13Cl2F3N2O3. The maximum Gasteiger partial charge on any atom is 0.416 e. The minimum Gasteiger partial charge on any atom is -0.494 e. The van der Waals surface area contributed by atoms with E-state index in [1.54, 1.807) is 0 Å². The summed E-state index contributed by atoms with van der Waals surface area (Å²) in [6.07, 6.45) is -4.44. The van der Waals surface area contributed by atoms with Gasteiger partial charge in [-0.1, -0.05) is 35.3 Å². The number of rotatable bonds is 4. The number of amides is 2. The first-order valence-corrected chi connectivity index (χ1v) is 8.15. The Morgan fingerprint density at radius 3 is 2.07 bits per heavy atom. The number of ether oxygens (including phenoxy) is 1. The molecule has 0 saturated heterocycles. The fraction of sp³-hybridized carbons (Fsp3) is 0.176. The van der Waals surface area contributed by atoms with E-state index in [1.807, 2.05) is 0 Å². The molecule has 0 aliphatic heterocycles. The fourth-order valence-electron chi connectivity index (χ4n) is 2.09. The molecule has 0 aromatic heterocycles. The zero-order chi connectivity index (χ0) is 20.2. The second kappa shape index (κ2) is 8.49. The first-order chi connectivity index (χ1) is 12.6. The van der Waals surface area contributed by atoms with Gasteiger partial charge >= 0.3 is 18.0 Å². The Kier molecular flexibility index (Phi) is 6.56. The van der Waals surface area contributed by atoms with Crippen molar-refractivity contribution in [2.24, 2.45) is 0 Å². The SMILES string of the molecule is COc1c(Cl)cc(NC(=O)C(=O)NCc2ccc(C(F)(F)F)cc2)cc1Cl. The summed E-state index contributed by atoms with van der Waals surface area (Å²) in [6.45, 7) is -0.117. The molecule has 0 fully saturated rings. The van der Waals surface area contributed by atoms with Crippen molar-refractivity contribution in [1.29, 1.82) is 0 Å². The van der Waals surface area contributed by atoms with Crippen LogP contribution in [0.1, 0.15) is 11.1 Å². The van der Waals surface area contributed by atoms with Crippen LogP contribution in [-0.2, 0) is 22.3 Å². The summed E-state index contributed by atoms with van der Waals surface area (Å²) in [6, 6.07) is 6.92. The average molecular weight is 421 g/mol. The number of nitrogens with one attached hydrogen (secondary N) is 2. The van der Waals surface area contributed by atoms with Crippen LogP contribution in [0.25, 0.3) is 0 Å². The Labute approximate surface area is 162 Å². The molecule has 2 rings (SSSR count). The Balaban J connectivity index is 1.95. The largest absolute Gasteiger partial charge is 0.494 e. The molecule has 27 heavy (non-hydrogen) atoms. The Hall–Kier alpha value is -2.45. The lowest BCUT2D eigenvalue weighted by molar-refractivity contribution is -0.137. The molecular weight excluding hydrogens is 408 g/mol. The monoisotopic (exact) mass is 420 g/mol. The van der Waals surface area contributed by atoms with Crippen molar-refractivity contribution < 1.29 is 27.5 Å². The third kappa shape index (κ3) is 5.51. The lowest BCUT2D eigenvalue weighted by atomic mass is 10.1. The highest BCUT2D eigenvalue weighted by Crippen LogP contribution is 2.35. The van der Waals surface area contributed by atoms with Crippen molar-refractivity contribution in [2.75, 3.05) is 12.4 Å². The number of halogens is 5. The standard InChI is InChI=1S/C17H13Cl2F3N2O3/c1-27-14-12(18)6-11(7-13(14)19)24-16(26)15(25)23-8-9-2-4-10(5-3-9)17(20,21)22/h2-7H,8H2,1H3,(H,23,25)(H,24,26). The zero-order valence-corrected chi connectivity index (χ0v) is 15.3. The van der Waals surface area contributed by atoms with Gasteiger partial charge in [0.1, 0.15) is 0 Å². The van der Waals surface area contributed by atoms with Gasteiger partial charge in [-0.05, 0) is 29.8 Å². The van der Waals surface area contributed by atoms with Crippen LogP contribution in [0.5, 0.6) is 5.75 Å². The van der Waals surface area contributed by atoms with E-state index in [9.17, 15) is 22.8 Å². The van der Waals surface area contributed by atoms with E-state index in [0.717, 1.165) is 12.1 Å². The molecule has 0 saturated carbocycles. The van der Waals surface area contributed by atoms with E-state index in [2.05, 4.69) is 10.6 Å². The third-order valence-corrected chi connectivity index (χ3v) is 3.96. The van der Waals surface area contributed by atoms with E-state index in [4.69, 9.17) is 27.9 Å². The van der Waals surface area contributed by atoms with Crippen LogP contribution in [0, 0.1) is 0 Å². The summed E-state index contributed by atoms with van der Waals surface area (Å²) in [5.41, 5.74) is -0.219. The Morgan fingerprint density at radius 1 is 1.04 bits per heavy atom. The molecule has 144 valence electrons. The molecule has 2 aromatic carbocycles. The van der Waals surface area contributed by atoms with Gasteiger partial charge in [-0.3, -0.25) is 9.59 Å². The number of benzene rings is 2. The molecule has 5 nitrogen and oxygen atoms in total. The van der Waals surface area contributed by atoms with Crippen molar-refractivity contribution in [3.63, 3.8) is 0 Å². The van der Waals surface area contributed by atoms with Gasteiger partial charge in [0.25, 0.3) is 0 Å². The Bertz CT molecular complexity index is 832. The summed E-state index contributed by atoms with van der Waals surface area (Å²) >= 11 is 11.9. The van der Waals surface area contributed by atoms with Crippen LogP contribution in [0.15, 0.2) is 36.4 Å². The number of hydrogen-bond donors (Lipinski definition) is 2. The summed E-state index contributed by atoms with van der Waals surface area (Å²) in [4.78, 5) is 23.8. The molecule has 2 N–H and O–H groups in total. The lowest BCUT2D eigenvalue weighted by Crippen LogP contribution is -2.35. The minimum atomic E-state index is -4.44. The molecule has 10 heteroatoms. The summed E-state index contributed by atoms with van der Waals surface area (Å²) in [7, 11) is 1.38. The van der Waals surface area contributed by atoms with Gasteiger partial charge in [0.05, 0.1) is 22.7 Å². The number of methoxy groups -OCH3 is 1. The number of carbonyl (C=O) groups is 2. The topological polar surface area (TPSA) is 67.4 Å². The van der Waals surface area contributed by atoms with Crippen LogP contribution in [-0.4, -0.2) is 18.9 Å². The highest BCUT2D eigenvalue weighted by Gasteiger charge is 2.29. The van der Waals surface area contributed by atoms with Crippen LogP contribution in [0.4, 0.5) is 18.9 Å². The molecule has 0 bridgehead atoms. The van der Waals surface area contributed by atoms with E-state index in [-0.39, 0.29) is 28.0 Å². The van der Waals surface area contributed by atoms with Crippen LogP contribution < -0.4 is 15.4 Å². The van der Waals surface area contributed by atoms with Crippen molar-refractivity contribution in [1.82, 2.24) is 5.32 Å². The van der Waals surface area contributed by atoms with Gasteiger partial charge in [-0.2, -0.15) is 13.2 Å². The number of carbonyl (C=O) groups excluding carboxylic acids is 2. The number of anilines is 1. The smallest absolute Gasteiger partial charge is 0.416 e. The highest BCUT2D eigenvalue weighted by atomic mass is 35.5. The molecule has 0 aliphatic rings. The van der Waals surface area contributed by atoms with Gasteiger partial charge < -0.3 is 15.4 Å². The predicted octanol–water partition coefficient (Wildman–Crippen LogP) is 4.28. The van der Waals surface area contributed by atoms with Crippen LogP contribution >= 0.6 is 23.2 Å². The van der Waals surface area contributed by atoms with Gasteiger partial charge in [0.2, 0.25) is 0 Å². The van der Waals surface area contributed by atoms with E-state index in [0.29, 0.717) is 5.56 Å². The van der Waals surface area contributed by atoms with Crippen molar-refractivity contribution >= 4 is 40.7 Å². The van der Waals surface area contributed by atoms with E-state index >= 15 is 0 Å². The summed E-state index contributed by atoms with van der Waals surface area (Å²) in [5, 5.41) is 4.91. The lowest BCUT2D eigenvalue weighted by Gasteiger charge is -2.11. The molecule has 0 aliphatic carbocycles. The third-order valence-electron chi connectivity index (χ3n) is 3.40. The summed E-state index contributed by atoms with van der Waals surface area (Å²) < 4.78 is 42.5. The van der Waals surface area contributed by atoms with Crippen LogP contribution in [0.2, 0.25) is 10.0 Å². The van der Waals surface area contributed by atoms with Crippen molar-refractivity contribution in [2.45, 2.75) is 12.7 Å². The molecule has 2 aromatic rings. The Morgan fingerprint density at radius 2 is 1.59 bits per heavy atom. The fourth-order valence-corrected chi connectivity index (χ4v) is 2.73. The molecule has 0 spiro atoms. The zero-order valence-electron chi connectivity index (χ0n) is 13.8. The number of hydrogen-bond acceptors (Lipinski definition) is 3. The van der Waals surface area contributed by atoms with E-state index in [1.165, 1.54) is 31.4 Å². The second-order valence-electron chi connectivity index (χ2n) is 5.30. The molecule has 0 atom stereocenters. The predicted molar refractivity (Wildman–Crippen MR) is 94.9 cm³/mol. The van der Waals surface area contributed by atoms with Gasteiger partial charge in [-0.25, -0.2) is 0 Å². The van der Waals surface area contributed by atoms with Crippen molar-refractivity contribution in [3.05, 3.63) is 57.6 Å².